The number of nitrogens with two attached hydrogens (primary N) is 1. The third-order valence-corrected chi connectivity index (χ3v) is 1.63. The monoisotopic (exact) mass is 130 g/mol. The van der Waals surface area contributed by atoms with Crippen LogP contribution in [0.15, 0.2) is 11.0 Å². The number of hydrogen-bond donors (Lipinski definition) is 2. The largest absolute Gasteiger partial charge is 0.326 e. The van der Waals surface area contributed by atoms with Crippen molar-refractivity contribution in [1.82, 2.24) is 4.98 Å². The van der Waals surface area contributed by atoms with Crippen molar-refractivity contribution in [2.24, 2.45) is 5.73 Å². The van der Waals surface area contributed by atoms with Gasteiger partial charge in [-0.2, -0.15) is 0 Å². The molecule has 0 radical (unpaired) electrons. The Balaban J connectivity index is 3.01. The van der Waals surface area contributed by atoms with Gasteiger partial charge < -0.3 is 10.7 Å². The standard InChI is InChI=1S/C4H6N2OS/c5-1-3-2-6-4(7)8-3/h2H,1,5H2,(H,6,7). The maximum atomic E-state index is 10.4. The lowest BCUT2D eigenvalue weighted by Crippen LogP contribution is -1.91. The Morgan fingerprint density at radius 1 is 1.88 bits per heavy atom. The van der Waals surface area contributed by atoms with Crippen LogP contribution in [0.1, 0.15) is 4.88 Å². The van der Waals surface area contributed by atoms with E-state index in [1.54, 1.807) is 6.20 Å². The van der Waals surface area contributed by atoms with Crippen LogP contribution in [-0.2, 0) is 6.54 Å². The van der Waals surface area contributed by atoms with E-state index < -0.39 is 0 Å². The maximum Gasteiger partial charge on any atom is 0.304 e. The molecule has 44 valence electrons. The normalized spacial score (nSPS) is 9.62. The molecule has 0 aliphatic rings. The van der Waals surface area contributed by atoms with Gasteiger partial charge in [-0.05, 0) is 0 Å². The first kappa shape index (κ1) is 5.53. The fraction of sp³-hybridized carbons (Fsp3) is 0.250. The van der Waals surface area contributed by atoms with E-state index in [1.165, 1.54) is 0 Å². The minimum Gasteiger partial charge on any atom is -0.326 e. The average Bonchev–Trinajstić information content (AvgIpc) is 2.14. The lowest BCUT2D eigenvalue weighted by molar-refractivity contribution is 1.09. The highest BCUT2D eigenvalue weighted by Crippen LogP contribution is 1.95. The molecule has 3 N–H and O–H groups in total. The molecule has 1 heterocycles. The molecule has 0 amide bonds. The number of rotatable bonds is 1. The molecule has 0 aliphatic heterocycles. The molecule has 0 atom stereocenters. The molecule has 0 spiro atoms. The number of H-pyrrole nitrogens is 1. The first-order valence-electron chi connectivity index (χ1n) is 2.20. The highest BCUT2D eigenvalue weighted by atomic mass is 32.1. The van der Waals surface area contributed by atoms with Crippen LogP contribution < -0.4 is 10.6 Å². The molecule has 0 fully saturated rings. The molecular weight excluding hydrogens is 124 g/mol. The van der Waals surface area contributed by atoms with Crippen molar-refractivity contribution in [3.05, 3.63) is 20.7 Å². The Labute approximate surface area is 50.2 Å². The van der Waals surface area contributed by atoms with Gasteiger partial charge in [0.05, 0.1) is 0 Å². The van der Waals surface area contributed by atoms with E-state index in [0.717, 1.165) is 16.2 Å². The lowest BCUT2D eigenvalue weighted by Gasteiger charge is -1.77. The molecule has 3 nitrogen and oxygen atoms in total. The van der Waals surface area contributed by atoms with Crippen molar-refractivity contribution in [3.8, 4) is 0 Å². The summed E-state index contributed by atoms with van der Waals surface area (Å²) in [5.74, 6) is 0. The Morgan fingerprint density at radius 2 is 2.62 bits per heavy atom. The van der Waals surface area contributed by atoms with Gasteiger partial charge in [0.15, 0.2) is 0 Å². The predicted molar refractivity (Wildman–Crippen MR) is 32.8 cm³/mol. The number of nitrogens with one attached hydrogen (secondary N) is 1. The number of aromatic nitrogens is 1. The SMILES string of the molecule is NCc1c[nH]c(=O)s1. The smallest absolute Gasteiger partial charge is 0.304 e. The van der Waals surface area contributed by atoms with Gasteiger partial charge in [0.2, 0.25) is 0 Å². The Hall–Kier alpha value is -0.610. The Bertz CT molecular complexity index is 214. The van der Waals surface area contributed by atoms with E-state index in [4.69, 9.17) is 5.73 Å². The van der Waals surface area contributed by atoms with Crippen molar-refractivity contribution in [3.63, 3.8) is 0 Å². The van der Waals surface area contributed by atoms with Crippen LogP contribution in [0.5, 0.6) is 0 Å². The number of hydrogen-bond acceptors (Lipinski definition) is 3. The van der Waals surface area contributed by atoms with Gasteiger partial charge in [-0.15, -0.1) is 0 Å². The molecular formula is C4H6N2OS. The average molecular weight is 130 g/mol. The minimum atomic E-state index is -0.0366. The summed E-state index contributed by atoms with van der Waals surface area (Å²) in [6.45, 7) is 0.448. The summed E-state index contributed by atoms with van der Waals surface area (Å²) in [4.78, 5) is 13.7. The summed E-state index contributed by atoms with van der Waals surface area (Å²) >= 11 is 1.15. The third kappa shape index (κ3) is 0.962. The zero-order valence-corrected chi connectivity index (χ0v) is 4.99. The zero-order chi connectivity index (χ0) is 5.98. The zero-order valence-electron chi connectivity index (χ0n) is 4.18. The Morgan fingerprint density at radius 3 is 2.88 bits per heavy atom. The van der Waals surface area contributed by atoms with E-state index in [2.05, 4.69) is 4.98 Å². The van der Waals surface area contributed by atoms with E-state index in [1.807, 2.05) is 0 Å². The van der Waals surface area contributed by atoms with Gasteiger partial charge in [0.25, 0.3) is 0 Å². The number of aromatic amines is 1. The second kappa shape index (κ2) is 2.11. The van der Waals surface area contributed by atoms with Gasteiger partial charge >= 0.3 is 4.87 Å². The maximum absolute atomic E-state index is 10.4. The molecule has 4 heteroatoms. The van der Waals surface area contributed by atoms with Crippen LogP contribution in [-0.4, -0.2) is 4.98 Å². The van der Waals surface area contributed by atoms with E-state index in [0.29, 0.717) is 6.54 Å². The lowest BCUT2D eigenvalue weighted by atomic mass is 10.6. The predicted octanol–water partition coefficient (Wildman–Crippen LogP) is -0.105. The first-order chi connectivity index (χ1) is 3.83. The van der Waals surface area contributed by atoms with Gasteiger partial charge in [-0.1, -0.05) is 11.3 Å². The highest BCUT2D eigenvalue weighted by Gasteiger charge is 1.89. The van der Waals surface area contributed by atoms with Gasteiger partial charge in [0, 0.05) is 17.6 Å². The summed E-state index contributed by atoms with van der Waals surface area (Å²) < 4.78 is 0. The first-order valence-corrected chi connectivity index (χ1v) is 3.02. The molecule has 0 aliphatic carbocycles. The van der Waals surface area contributed by atoms with Gasteiger partial charge in [0.1, 0.15) is 0 Å². The molecule has 1 aromatic heterocycles. The van der Waals surface area contributed by atoms with Crippen LogP contribution >= 0.6 is 11.3 Å². The molecule has 0 bridgehead atoms. The van der Waals surface area contributed by atoms with Crippen LogP contribution in [0, 0.1) is 0 Å². The second-order valence-electron chi connectivity index (χ2n) is 1.35. The van der Waals surface area contributed by atoms with Crippen molar-refractivity contribution in [1.29, 1.82) is 0 Å². The molecule has 8 heavy (non-hydrogen) atoms. The molecule has 0 aromatic carbocycles. The van der Waals surface area contributed by atoms with Crippen LogP contribution in [0.2, 0.25) is 0 Å². The fourth-order valence-electron chi connectivity index (χ4n) is 0.418. The topological polar surface area (TPSA) is 58.9 Å². The third-order valence-electron chi connectivity index (χ3n) is 0.776. The van der Waals surface area contributed by atoms with Crippen molar-refractivity contribution >= 4 is 11.3 Å². The summed E-state index contributed by atoms with van der Waals surface area (Å²) in [6, 6.07) is 0. The summed E-state index contributed by atoms with van der Waals surface area (Å²) in [5, 5.41) is 0. The number of thiazole rings is 1. The van der Waals surface area contributed by atoms with Crippen molar-refractivity contribution in [2.75, 3.05) is 0 Å². The van der Waals surface area contributed by atoms with Crippen molar-refractivity contribution in [2.45, 2.75) is 6.54 Å². The Kier molecular flexibility index (Phi) is 1.45. The summed E-state index contributed by atoms with van der Waals surface area (Å²) in [6.07, 6.45) is 1.63. The van der Waals surface area contributed by atoms with Gasteiger partial charge in [-0.25, -0.2) is 0 Å². The van der Waals surface area contributed by atoms with Crippen LogP contribution in [0.25, 0.3) is 0 Å². The van der Waals surface area contributed by atoms with Crippen LogP contribution in [0.3, 0.4) is 0 Å². The molecule has 0 saturated carbocycles. The quantitative estimate of drug-likeness (QED) is 0.557. The second-order valence-corrected chi connectivity index (χ2v) is 2.45. The molecule has 0 unspecified atom stereocenters. The van der Waals surface area contributed by atoms with Gasteiger partial charge in [-0.3, -0.25) is 4.79 Å². The summed E-state index contributed by atoms with van der Waals surface area (Å²) in [7, 11) is 0. The highest BCUT2D eigenvalue weighted by molar-refractivity contribution is 7.09. The van der Waals surface area contributed by atoms with Crippen LogP contribution in [0.4, 0.5) is 0 Å². The summed E-state index contributed by atoms with van der Waals surface area (Å²) in [5.41, 5.74) is 5.21. The molecule has 1 aromatic rings. The van der Waals surface area contributed by atoms with E-state index in [9.17, 15) is 4.79 Å². The van der Waals surface area contributed by atoms with E-state index >= 15 is 0 Å². The van der Waals surface area contributed by atoms with E-state index in [-0.39, 0.29) is 4.87 Å². The molecule has 1 rings (SSSR count). The molecule has 0 saturated heterocycles. The fourth-order valence-corrected chi connectivity index (χ4v) is 0.975. The van der Waals surface area contributed by atoms with Crippen molar-refractivity contribution < 1.29 is 0 Å². The minimum absolute atomic E-state index is 0.0366.